The first-order valence-corrected chi connectivity index (χ1v) is 2.70. The average Bonchev–Trinajstić information content (AvgIpc) is 1.82. The molecular formula is C6H12N2O. The average molecular weight is 128 g/mol. The highest BCUT2D eigenvalue weighted by atomic mass is 16.3. The van der Waals surface area contributed by atoms with Gasteiger partial charge >= 0.3 is 0 Å². The van der Waals surface area contributed by atoms with Crippen molar-refractivity contribution in [2.75, 3.05) is 13.7 Å². The first kappa shape index (κ1) is 8.17. The topological polar surface area (TPSA) is 58.6 Å². The van der Waals surface area contributed by atoms with E-state index in [1.165, 1.54) is 0 Å². The summed E-state index contributed by atoms with van der Waals surface area (Å²) in [7, 11) is 1.64. The van der Waals surface area contributed by atoms with Crippen LogP contribution in [0.2, 0.25) is 0 Å². The van der Waals surface area contributed by atoms with Gasteiger partial charge in [-0.2, -0.15) is 0 Å². The summed E-state index contributed by atoms with van der Waals surface area (Å²) in [5, 5.41) is 8.60. The highest BCUT2D eigenvalue weighted by molar-refractivity contribution is 5.79. The van der Waals surface area contributed by atoms with Crippen LogP contribution >= 0.6 is 0 Å². The number of aliphatic hydroxyl groups is 1. The van der Waals surface area contributed by atoms with Gasteiger partial charge in [0, 0.05) is 24.5 Å². The molecule has 0 aliphatic heterocycles. The van der Waals surface area contributed by atoms with Crippen LogP contribution in [-0.2, 0) is 0 Å². The maximum atomic E-state index is 8.60. The standard InChI is InChI=1S/C6H12N2O/c1-5(7)6(4-9)3-8-2/h3,9H,4,7H2,1-2H3/b6-5+,8-3?. The van der Waals surface area contributed by atoms with Crippen molar-refractivity contribution in [2.24, 2.45) is 10.7 Å². The fourth-order valence-electron chi connectivity index (χ4n) is 0.423. The molecule has 0 aromatic heterocycles. The van der Waals surface area contributed by atoms with Crippen molar-refractivity contribution in [1.82, 2.24) is 0 Å². The van der Waals surface area contributed by atoms with Gasteiger partial charge in [-0.1, -0.05) is 0 Å². The van der Waals surface area contributed by atoms with E-state index >= 15 is 0 Å². The minimum Gasteiger partial charge on any atom is -0.402 e. The Morgan fingerprint density at radius 3 is 2.44 bits per heavy atom. The van der Waals surface area contributed by atoms with Crippen LogP contribution in [-0.4, -0.2) is 25.0 Å². The summed E-state index contributed by atoms with van der Waals surface area (Å²) in [4.78, 5) is 3.71. The largest absolute Gasteiger partial charge is 0.402 e. The maximum absolute atomic E-state index is 8.60. The molecule has 0 aliphatic rings. The molecule has 3 nitrogen and oxygen atoms in total. The van der Waals surface area contributed by atoms with Gasteiger partial charge in [0.25, 0.3) is 0 Å². The molecule has 3 N–H and O–H groups in total. The van der Waals surface area contributed by atoms with Gasteiger partial charge in [-0.3, -0.25) is 4.99 Å². The van der Waals surface area contributed by atoms with Crippen LogP contribution in [0.1, 0.15) is 6.92 Å². The molecule has 0 atom stereocenters. The Kier molecular flexibility index (Phi) is 3.71. The van der Waals surface area contributed by atoms with Gasteiger partial charge < -0.3 is 10.8 Å². The molecule has 52 valence electrons. The molecule has 0 saturated carbocycles. The molecule has 0 unspecified atom stereocenters. The van der Waals surface area contributed by atoms with E-state index in [1.807, 2.05) is 0 Å². The van der Waals surface area contributed by atoms with Gasteiger partial charge in [0.15, 0.2) is 0 Å². The van der Waals surface area contributed by atoms with E-state index in [9.17, 15) is 0 Å². The lowest BCUT2D eigenvalue weighted by molar-refractivity contribution is 0.336. The quantitative estimate of drug-likeness (QED) is 0.511. The maximum Gasteiger partial charge on any atom is 0.0713 e. The Balaban J connectivity index is 4.16. The highest BCUT2D eigenvalue weighted by Crippen LogP contribution is 1.91. The molecule has 0 rings (SSSR count). The van der Waals surface area contributed by atoms with E-state index in [0.717, 1.165) is 0 Å². The lowest BCUT2D eigenvalue weighted by Gasteiger charge is -1.96. The van der Waals surface area contributed by atoms with Gasteiger partial charge in [-0.05, 0) is 6.92 Å². The van der Waals surface area contributed by atoms with E-state index < -0.39 is 0 Å². The molecule has 3 heteroatoms. The number of nitrogens with two attached hydrogens (primary N) is 1. The zero-order valence-corrected chi connectivity index (χ0v) is 5.76. The number of allylic oxidation sites excluding steroid dienone is 1. The third-order valence-corrected chi connectivity index (χ3v) is 0.962. The molecule has 0 amide bonds. The monoisotopic (exact) mass is 128 g/mol. The number of rotatable bonds is 2. The van der Waals surface area contributed by atoms with Crippen LogP contribution in [0.25, 0.3) is 0 Å². The molecule has 0 aromatic rings. The second-order valence-electron chi connectivity index (χ2n) is 1.75. The van der Waals surface area contributed by atoms with Gasteiger partial charge in [0.1, 0.15) is 0 Å². The van der Waals surface area contributed by atoms with E-state index in [0.29, 0.717) is 11.3 Å². The zero-order valence-electron chi connectivity index (χ0n) is 5.76. The van der Waals surface area contributed by atoms with Gasteiger partial charge in [0.2, 0.25) is 0 Å². The number of hydrogen-bond donors (Lipinski definition) is 2. The van der Waals surface area contributed by atoms with Crippen molar-refractivity contribution in [3.8, 4) is 0 Å². The SMILES string of the molecule is CN=C/C(CO)=C(/C)N. The summed E-state index contributed by atoms with van der Waals surface area (Å²) in [6.07, 6.45) is 1.55. The van der Waals surface area contributed by atoms with Crippen molar-refractivity contribution in [2.45, 2.75) is 6.92 Å². The van der Waals surface area contributed by atoms with Crippen molar-refractivity contribution >= 4 is 6.21 Å². The number of hydrogen-bond acceptors (Lipinski definition) is 3. The summed E-state index contributed by atoms with van der Waals surface area (Å²) in [5.41, 5.74) is 6.65. The number of aliphatic hydroxyl groups excluding tert-OH is 1. The molecule has 0 radical (unpaired) electrons. The second-order valence-corrected chi connectivity index (χ2v) is 1.75. The van der Waals surface area contributed by atoms with E-state index in [1.54, 1.807) is 20.2 Å². The third kappa shape index (κ3) is 2.87. The minimum atomic E-state index is -0.0420. The molecular weight excluding hydrogens is 116 g/mol. The van der Waals surface area contributed by atoms with Crippen molar-refractivity contribution in [1.29, 1.82) is 0 Å². The Morgan fingerprint density at radius 1 is 1.78 bits per heavy atom. The predicted molar refractivity (Wildman–Crippen MR) is 38.4 cm³/mol. The predicted octanol–water partition coefficient (Wildman–Crippen LogP) is -0.0880. The smallest absolute Gasteiger partial charge is 0.0713 e. The van der Waals surface area contributed by atoms with Crippen LogP contribution in [0.15, 0.2) is 16.3 Å². The van der Waals surface area contributed by atoms with E-state index in [2.05, 4.69) is 4.99 Å². The van der Waals surface area contributed by atoms with Gasteiger partial charge in [-0.25, -0.2) is 0 Å². The van der Waals surface area contributed by atoms with Crippen LogP contribution in [0, 0.1) is 0 Å². The van der Waals surface area contributed by atoms with Crippen molar-refractivity contribution < 1.29 is 5.11 Å². The fraction of sp³-hybridized carbons (Fsp3) is 0.500. The molecule has 0 fully saturated rings. The normalized spacial score (nSPS) is 14.1. The number of aliphatic imine (C=N–C) groups is 1. The molecule has 0 heterocycles. The lowest BCUT2D eigenvalue weighted by Crippen LogP contribution is -2.02. The van der Waals surface area contributed by atoms with Gasteiger partial charge in [-0.15, -0.1) is 0 Å². The van der Waals surface area contributed by atoms with Crippen LogP contribution in [0.5, 0.6) is 0 Å². The van der Waals surface area contributed by atoms with Crippen LogP contribution < -0.4 is 5.73 Å². The first-order valence-electron chi connectivity index (χ1n) is 2.70. The third-order valence-electron chi connectivity index (χ3n) is 0.962. The van der Waals surface area contributed by atoms with E-state index in [4.69, 9.17) is 10.8 Å². The fourth-order valence-corrected chi connectivity index (χ4v) is 0.423. The zero-order chi connectivity index (χ0) is 7.28. The molecule has 9 heavy (non-hydrogen) atoms. The highest BCUT2D eigenvalue weighted by Gasteiger charge is 1.91. The number of nitrogens with zero attached hydrogens (tertiary/aromatic N) is 1. The summed E-state index contributed by atoms with van der Waals surface area (Å²) in [5.74, 6) is 0. The molecule has 0 aliphatic carbocycles. The Bertz CT molecular complexity index is 134. The Morgan fingerprint density at radius 2 is 2.33 bits per heavy atom. The van der Waals surface area contributed by atoms with Gasteiger partial charge in [0.05, 0.1) is 6.61 Å². The summed E-state index contributed by atoms with van der Waals surface area (Å²) < 4.78 is 0. The molecule has 0 saturated heterocycles. The van der Waals surface area contributed by atoms with Crippen molar-refractivity contribution in [3.63, 3.8) is 0 Å². The minimum absolute atomic E-state index is 0.0420. The summed E-state index contributed by atoms with van der Waals surface area (Å²) in [6.45, 7) is 1.69. The first-order chi connectivity index (χ1) is 4.22. The Labute approximate surface area is 54.9 Å². The second kappa shape index (κ2) is 4.09. The molecule has 0 spiro atoms. The summed E-state index contributed by atoms with van der Waals surface area (Å²) in [6, 6.07) is 0. The lowest BCUT2D eigenvalue weighted by atomic mass is 10.2. The Hall–Kier alpha value is -0.830. The molecule has 0 aromatic carbocycles. The van der Waals surface area contributed by atoms with Crippen molar-refractivity contribution in [3.05, 3.63) is 11.3 Å². The van der Waals surface area contributed by atoms with E-state index in [-0.39, 0.29) is 6.61 Å². The van der Waals surface area contributed by atoms with Crippen LogP contribution in [0.3, 0.4) is 0 Å². The van der Waals surface area contributed by atoms with Crippen LogP contribution in [0.4, 0.5) is 0 Å². The summed E-state index contributed by atoms with van der Waals surface area (Å²) >= 11 is 0. The molecule has 0 bridgehead atoms.